The van der Waals surface area contributed by atoms with Crippen LogP contribution >= 0.6 is 0 Å². The Balaban J connectivity index is 2.08. The first kappa shape index (κ1) is 13.9. The number of amides is 1. The van der Waals surface area contributed by atoms with Gasteiger partial charge in [0, 0.05) is 11.6 Å². The highest BCUT2D eigenvalue weighted by atomic mass is 16.6. The van der Waals surface area contributed by atoms with E-state index in [9.17, 15) is 4.79 Å². The van der Waals surface area contributed by atoms with Gasteiger partial charge in [0.15, 0.2) is 0 Å². The van der Waals surface area contributed by atoms with Gasteiger partial charge >= 0.3 is 6.09 Å². The summed E-state index contributed by atoms with van der Waals surface area (Å²) in [5.41, 5.74) is 1.82. The Kier molecular flexibility index (Phi) is 3.56. The van der Waals surface area contributed by atoms with Crippen LogP contribution in [0.25, 0.3) is 0 Å². The second-order valence-corrected chi connectivity index (χ2v) is 6.15. The molecule has 1 aliphatic rings. The molecule has 2 rings (SSSR count). The van der Waals surface area contributed by atoms with Gasteiger partial charge in [-0.3, -0.25) is 9.58 Å². The zero-order chi connectivity index (χ0) is 14.2. The number of hydrogen-bond acceptors (Lipinski definition) is 3. The number of hydrogen-bond donors (Lipinski definition) is 0. The van der Waals surface area contributed by atoms with Crippen molar-refractivity contribution in [3.63, 3.8) is 0 Å². The van der Waals surface area contributed by atoms with E-state index in [-0.39, 0.29) is 6.09 Å². The normalized spacial score (nSPS) is 16.4. The number of ether oxygens (including phenoxy) is 1. The number of rotatable bonds is 2. The van der Waals surface area contributed by atoms with Crippen LogP contribution in [0.15, 0.2) is 6.20 Å². The summed E-state index contributed by atoms with van der Waals surface area (Å²) in [4.78, 5) is 13.8. The van der Waals surface area contributed by atoms with Gasteiger partial charge in [0.2, 0.25) is 0 Å². The van der Waals surface area contributed by atoms with Crippen molar-refractivity contribution in [1.82, 2.24) is 14.7 Å². The summed E-state index contributed by atoms with van der Waals surface area (Å²) in [7, 11) is 0. The van der Waals surface area contributed by atoms with Gasteiger partial charge in [0.25, 0.3) is 0 Å². The lowest BCUT2D eigenvalue weighted by Gasteiger charge is -2.24. The first-order valence-electron chi connectivity index (χ1n) is 6.85. The van der Waals surface area contributed by atoms with Gasteiger partial charge in [-0.05, 0) is 34.1 Å². The fraction of sp³-hybridized carbons (Fsp3) is 0.714. The summed E-state index contributed by atoms with van der Waals surface area (Å²) < 4.78 is 7.43. The average Bonchev–Trinajstić information content (AvgIpc) is 2.84. The van der Waals surface area contributed by atoms with Gasteiger partial charge < -0.3 is 4.74 Å². The highest BCUT2D eigenvalue weighted by Crippen LogP contribution is 2.27. The third kappa shape index (κ3) is 2.91. The van der Waals surface area contributed by atoms with Crippen molar-refractivity contribution in [3.8, 4) is 0 Å². The van der Waals surface area contributed by atoms with E-state index in [1.54, 1.807) is 4.90 Å². The molecular formula is C14H23N3O2. The van der Waals surface area contributed by atoms with Gasteiger partial charge in [-0.15, -0.1) is 0 Å². The molecule has 0 saturated heterocycles. The number of carbonyl (C=O) groups excluding carboxylic acids is 1. The lowest BCUT2D eigenvalue weighted by Crippen LogP contribution is -2.33. The van der Waals surface area contributed by atoms with Crippen LogP contribution in [0, 0.1) is 0 Å². The molecule has 5 nitrogen and oxygen atoms in total. The molecule has 5 heteroatoms. The van der Waals surface area contributed by atoms with Gasteiger partial charge in [-0.2, -0.15) is 5.10 Å². The van der Waals surface area contributed by atoms with Crippen LogP contribution in [0.2, 0.25) is 0 Å². The van der Waals surface area contributed by atoms with E-state index < -0.39 is 5.60 Å². The van der Waals surface area contributed by atoms with Crippen molar-refractivity contribution in [3.05, 3.63) is 17.5 Å². The molecule has 1 aromatic rings. The molecule has 0 spiro atoms. The van der Waals surface area contributed by atoms with E-state index in [4.69, 9.17) is 4.74 Å². The molecule has 1 aromatic heterocycles. The van der Waals surface area contributed by atoms with Crippen LogP contribution < -0.4 is 0 Å². The first-order valence-corrected chi connectivity index (χ1v) is 6.85. The fourth-order valence-electron chi connectivity index (χ4n) is 2.18. The molecule has 1 aliphatic heterocycles. The summed E-state index contributed by atoms with van der Waals surface area (Å²) >= 11 is 0. The van der Waals surface area contributed by atoms with Crippen molar-refractivity contribution >= 4 is 6.09 Å². The molecule has 1 unspecified atom stereocenters. The highest BCUT2D eigenvalue weighted by molar-refractivity contribution is 5.69. The average molecular weight is 265 g/mol. The maximum absolute atomic E-state index is 12.1. The van der Waals surface area contributed by atoms with Gasteiger partial charge in [-0.25, -0.2) is 4.79 Å². The Hall–Kier alpha value is -1.52. The Bertz CT molecular complexity index is 474. The van der Waals surface area contributed by atoms with Crippen LogP contribution in [-0.4, -0.2) is 26.4 Å². The Morgan fingerprint density at radius 3 is 2.74 bits per heavy atom. The van der Waals surface area contributed by atoms with Gasteiger partial charge in [0.1, 0.15) is 5.60 Å². The molecule has 0 saturated carbocycles. The molecule has 0 aliphatic carbocycles. The Morgan fingerprint density at radius 1 is 1.47 bits per heavy atom. The third-order valence-corrected chi connectivity index (χ3v) is 3.35. The predicted molar refractivity (Wildman–Crippen MR) is 72.7 cm³/mol. The molecule has 0 radical (unpaired) electrons. The summed E-state index contributed by atoms with van der Waals surface area (Å²) in [6.07, 6.45) is 2.64. The molecule has 0 aromatic carbocycles. The SMILES string of the molecule is CCC(C)n1ncc2c1CN(C(=O)OC(C)(C)C)C2. The number of carbonyl (C=O) groups is 1. The van der Waals surface area contributed by atoms with E-state index in [2.05, 4.69) is 18.9 Å². The number of aromatic nitrogens is 2. The van der Waals surface area contributed by atoms with Gasteiger partial charge in [-0.1, -0.05) is 6.92 Å². The highest BCUT2D eigenvalue weighted by Gasteiger charge is 2.31. The molecule has 1 amide bonds. The minimum Gasteiger partial charge on any atom is -0.444 e. The summed E-state index contributed by atoms with van der Waals surface area (Å²) in [6.45, 7) is 11.1. The van der Waals surface area contributed by atoms with Crippen LogP contribution in [-0.2, 0) is 17.8 Å². The molecular weight excluding hydrogens is 242 g/mol. The second-order valence-electron chi connectivity index (χ2n) is 6.15. The molecule has 0 fully saturated rings. The number of fused-ring (bicyclic) bond motifs is 1. The maximum Gasteiger partial charge on any atom is 0.410 e. The monoisotopic (exact) mass is 265 g/mol. The lowest BCUT2D eigenvalue weighted by molar-refractivity contribution is 0.0237. The van der Waals surface area contributed by atoms with Crippen molar-refractivity contribution in [2.24, 2.45) is 0 Å². The minimum atomic E-state index is -0.450. The lowest BCUT2D eigenvalue weighted by atomic mass is 10.2. The smallest absolute Gasteiger partial charge is 0.410 e. The molecule has 1 atom stereocenters. The minimum absolute atomic E-state index is 0.251. The molecule has 2 heterocycles. The van der Waals surface area contributed by atoms with Crippen molar-refractivity contribution < 1.29 is 9.53 Å². The zero-order valence-corrected chi connectivity index (χ0v) is 12.4. The van der Waals surface area contributed by atoms with E-state index >= 15 is 0 Å². The molecule has 0 bridgehead atoms. The van der Waals surface area contributed by atoms with Crippen LogP contribution in [0.3, 0.4) is 0 Å². The second kappa shape index (κ2) is 4.87. The quantitative estimate of drug-likeness (QED) is 0.825. The van der Waals surface area contributed by atoms with E-state index in [0.29, 0.717) is 19.1 Å². The predicted octanol–water partition coefficient (Wildman–Crippen LogP) is 3.10. The van der Waals surface area contributed by atoms with E-state index in [1.165, 1.54) is 0 Å². The fourth-order valence-corrected chi connectivity index (χ4v) is 2.18. The van der Waals surface area contributed by atoms with Crippen molar-refractivity contribution in [2.75, 3.05) is 0 Å². The Morgan fingerprint density at radius 2 is 2.16 bits per heavy atom. The van der Waals surface area contributed by atoms with Crippen LogP contribution in [0.5, 0.6) is 0 Å². The first-order chi connectivity index (χ1) is 8.81. The van der Waals surface area contributed by atoms with E-state index in [1.807, 2.05) is 31.6 Å². The van der Waals surface area contributed by atoms with Crippen LogP contribution in [0.1, 0.15) is 58.3 Å². The summed E-state index contributed by atoms with van der Waals surface area (Å²) in [5, 5.41) is 4.41. The summed E-state index contributed by atoms with van der Waals surface area (Å²) in [5.74, 6) is 0. The largest absolute Gasteiger partial charge is 0.444 e. The van der Waals surface area contributed by atoms with Gasteiger partial charge in [0.05, 0.1) is 25.0 Å². The Labute approximate surface area is 114 Å². The van der Waals surface area contributed by atoms with Crippen molar-refractivity contribution in [1.29, 1.82) is 0 Å². The number of nitrogens with zero attached hydrogens (tertiary/aromatic N) is 3. The molecule has 106 valence electrons. The molecule has 0 N–H and O–H groups in total. The van der Waals surface area contributed by atoms with Crippen molar-refractivity contribution in [2.45, 2.75) is 65.8 Å². The maximum atomic E-state index is 12.1. The standard InChI is InChI=1S/C14H23N3O2/c1-6-10(2)17-12-9-16(8-11(12)7-15-17)13(18)19-14(3,4)5/h7,10H,6,8-9H2,1-5H3. The topological polar surface area (TPSA) is 47.4 Å². The van der Waals surface area contributed by atoms with Crippen LogP contribution in [0.4, 0.5) is 4.79 Å². The third-order valence-electron chi connectivity index (χ3n) is 3.35. The van der Waals surface area contributed by atoms with E-state index in [0.717, 1.165) is 17.7 Å². The summed E-state index contributed by atoms with van der Waals surface area (Å²) in [6, 6.07) is 0.363. The molecule has 19 heavy (non-hydrogen) atoms. The zero-order valence-electron chi connectivity index (χ0n) is 12.4.